The number of benzene rings is 1. The number of hydrogen-bond acceptors (Lipinski definition) is 2. The van der Waals surface area contributed by atoms with Gasteiger partial charge in [-0.05, 0) is 37.5 Å². The predicted octanol–water partition coefficient (Wildman–Crippen LogP) is 3.59. The molecule has 0 spiro atoms. The van der Waals surface area contributed by atoms with Crippen LogP contribution in [0, 0.1) is 10.8 Å². The Morgan fingerprint density at radius 2 is 1.74 bits per heavy atom. The molecular weight excluding hydrogens is 236 g/mol. The van der Waals surface area contributed by atoms with Gasteiger partial charge in [-0.3, -0.25) is 4.79 Å². The van der Waals surface area contributed by atoms with Crippen LogP contribution in [0.4, 0.5) is 0 Å². The maximum absolute atomic E-state index is 12.8. The molecule has 2 fully saturated rings. The fourth-order valence-electron chi connectivity index (χ4n) is 4.64. The standard InChI is InChI=1S/C17H22O2/c1-15-8-9-17(19,11-15)12-16(2,10-15)14(18)13-6-4-3-5-7-13/h3-7,19H,8-12H2,1-2H3. The van der Waals surface area contributed by atoms with Gasteiger partial charge < -0.3 is 5.11 Å². The van der Waals surface area contributed by atoms with E-state index in [9.17, 15) is 9.90 Å². The Kier molecular flexibility index (Phi) is 2.66. The number of hydrogen-bond donors (Lipinski definition) is 1. The summed E-state index contributed by atoms with van der Waals surface area (Å²) in [5.41, 5.74) is -0.128. The molecule has 0 radical (unpaired) electrons. The number of aliphatic hydroxyl groups is 1. The number of carbonyl (C=O) groups is 1. The third kappa shape index (κ3) is 2.12. The lowest BCUT2D eigenvalue weighted by atomic mass is 9.60. The minimum atomic E-state index is -0.619. The molecule has 102 valence electrons. The molecule has 1 aromatic rings. The second kappa shape index (κ2) is 3.92. The summed E-state index contributed by atoms with van der Waals surface area (Å²) in [5.74, 6) is 0.194. The van der Waals surface area contributed by atoms with E-state index < -0.39 is 11.0 Å². The lowest BCUT2D eigenvalue weighted by molar-refractivity contribution is -0.0419. The SMILES string of the molecule is CC12CCC(O)(C1)CC(C)(C(=O)c1ccccc1)C2. The number of Topliss-reactive ketones (excluding diaryl/α,β-unsaturated/α-hetero) is 1. The van der Waals surface area contributed by atoms with Crippen molar-refractivity contribution in [3.8, 4) is 0 Å². The summed E-state index contributed by atoms with van der Waals surface area (Å²) in [5, 5.41) is 10.7. The van der Waals surface area contributed by atoms with Crippen LogP contribution in [-0.4, -0.2) is 16.5 Å². The van der Waals surface area contributed by atoms with Crippen molar-refractivity contribution in [2.45, 2.75) is 51.6 Å². The zero-order valence-corrected chi connectivity index (χ0v) is 11.8. The molecule has 3 unspecified atom stereocenters. The highest BCUT2D eigenvalue weighted by molar-refractivity contribution is 6.00. The average molecular weight is 258 g/mol. The van der Waals surface area contributed by atoms with Gasteiger partial charge in [0, 0.05) is 11.0 Å². The monoisotopic (exact) mass is 258 g/mol. The predicted molar refractivity (Wildman–Crippen MR) is 75.0 cm³/mol. The van der Waals surface area contributed by atoms with E-state index in [0.29, 0.717) is 6.42 Å². The van der Waals surface area contributed by atoms with Crippen LogP contribution < -0.4 is 0 Å². The number of ketones is 1. The van der Waals surface area contributed by atoms with Crippen LogP contribution in [0.2, 0.25) is 0 Å². The van der Waals surface area contributed by atoms with E-state index in [0.717, 1.165) is 31.2 Å². The van der Waals surface area contributed by atoms with Crippen molar-refractivity contribution >= 4 is 5.78 Å². The highest BCUT2D eigenvalue weighted by Crippen LogP contribution is 2.60. The lowest BCUT2D eigenvalue weighted by Crippen LogP contribution is -2.45. The van der Waals surface area contributed by atoms with Gasteiger partial charge in [-0.1, -0.05) is 44.2 Å². The molecule has 2 nitrogen and oxygen atoms in total. The summed E-state index contributed by atoms with van der Waals surface area (Å²) in [6.07, 6.45) is 4.26. The first-order chi connectivity index (χ1) is 8.84. The van der Waals surface area contributed by atoms with E-state index in [1.807, 2.05) is 37.3 Å². The molecule has 2 aliphatic rings. The second-order valence-corrected chi connectivity index (χ2v) is 7.32. The van der Waals surface area contributed by atoms with Crippen LogP contribution in [0.1, 0.15) is 56.3 Å². The van der Waals surface area contributed by atoms with Gasteiger partial charge in [0.2, 0.25) is 0 Å². The number of fused-ring (bicyclic) bond motifs is 2. The van der Waals surface area contributed by atoms with E-state index >= 15 is 0 Å². The molecular formula is C17H22O2. The first-order valence-electron chi connectivity index (χ1n) is 7.17. The van der Waals surface area contributed by atoms with Crippen molar-refractivity contribution in [2.24, 2.45) is 10.8 Å². The molecule has 2 saturated carbocycles. The maximum Gasteiger partial charge on any atom is 0.168 e. The van der Waals surface area contributed by atoms with Crippen LogP contribution in [0.5, 0.6) is 0 Å². The summed E-state index contributed by atoms with van der Waals surface area (Å²) < 4.78 is 0. The van der Waals surface area contributed by atoms with Crippen molar-refractivity contribution in [2.75, 3.05) is 0 Å². The van der Waals surface area contributed by atoms with Gasteiger partial charge in [0.15, 0.2) is 5.78 Å². The van der Waals surface area contributed by atoms with Gasteiger partial charge >= 0.3 is 0 Å². The molecule has 0 saturated heterocycles. The number of rotatable bonds is 2. The fraction of sp³-hybridized carbons (Fsp3) is 0.588. The zero-order chi connectivity index (χ0) is 13.7. The number of carbonyl (C=O) groups excluding carboxylic acids is 1. The van der Waals surface area contributed by atoms with Gasteiger partial charge in [-0.15, -0.1) is 0 Å². The van der Waals surface area contributed by atoms with E-state index in [2.05, 4.69) is 6.92 Å². The van der Waals surface area contributed by atoms with E-state index in [1.54, 1.807) is 0 Å². The van der Waals surface area contributed by atoms with Gasteiger partial charge in [-0.2, -0.15) is 0 Å². The molecule has 3 atom stereocenters. The first kappa shape index (κ1) is 12.9. The van der Waals surface area contributed by atoms with Gasteiger partial charge in [0.05, 0.1) is 5.60 Å². The third-order valence-electron chi connectivity index (χ3n) is 5.07. The normalized spacial score (nSPS) is 41.2. The van der Waals surface area contributed by atoms with Crippen molar-refractivity contribution in [1.82, 2.24) is 0 Å². The Morgan fingerprint density at radius 1 is 1.05 bits per heavy atom. The topological polar surface area (TPSA) is 37.3 Å². The molecule has 0 aromatic heterocycles. The summed E-state index contributed by atoms with van der Waals surface area (Å²) in [7, 11) is 0. The van der Waals surface area contributed by atoms with Crippen LogP contribution in [0.3, 0.4) is 0 Å². The molecule has 0 heterocycles. The molecule has 1 aromatic carbocycles. The van der Waals surface area contributed by atoms with E-state index in [4.69, 9.17) is 0 Å². The summed E-state index contributed by atoms with van der Waals surface area (Å²) >= 11 is 0. The smallest absolute Gasteiger partial charge is 0.168 e. The van der Waals surface area contributed by atoms with Crippen LogP contribution in [-0.2, 0) is 0 Å². The summed E-state index contributed by atoms with van der Waals surface area (Å²) in [4.78, 5) is 12.8. The maximum atomic E-state index is 12.8. The highest BCUT2D eigenvalue weighted by atomic mass is 16.3. The molecule has 2 heteroatoms. The second-order valence-electron chi connectivity index (χ2n) is 7.32. The van der Waals surface area contributed by atoms with Crippen molar-refractivity contribution in [3.05, 3.63) is 35.9 Å². The van der Waals surface area contributed by atoms with Crippen molar-refractivity contribution < 1.29 is 9.90 Å². The Hall–Kier alpha value is -1.15. The minimum Gasteiger partial charge on any atom is -0.390 e. The Labute approximate surface area is 114 Å². The Morgan fingerprint density at radius 3 is 2.37 bits per heavy atom. The van der Waals surface area contributed by atoms with E-state index in [-0.39, 0.29) is 11.2 Å². The molecule has 0 aliphatic heterocycles. The molecule has 19 heavy (non-hydrogen) atoms. The fourth-order valence-corrected chi connectivity index (χ4v) is 4.64. The van der Waals surface area contributed by atoms with Crippen LogP contribution in [0.25, 0.3) is 0 Å². The molecule has 2 aliphatic carbocycles. The van der Waals surface area contributed by atoms with Crippen molar-refractivity contribution in [1.29, 1.82) is 0 Å². The largest absolute Gasteiger partial charge is 0.390 e. The third-order valence-corrected chi connectivity index (χ3v) is 5.07. The minimum absolute atomic E-state index is 0.131. The molecule has 1 N–H and O–H groups in total. The zero-order valence-electron chi connectivity index (χ0n) is 11.8. The first-order valence-corrected chi connectivity index (χ1v) is 7.17. The summed E-state index contributed by atoms with van der Waals surface area (Å²) in [6.45, 7) is 4.26. The Balaban J connectivity index is 1.94. The van der Waals surface area contributed by atoms with E-state index in [1.165, 1.54) is 0 Å². The lowest BCUT2D eigenvalue weighted by Gasteiger charge is -2.45. The average Bonchev–Trinajstić information content (AvgIpc) is 2.58. The van der Waals surface area contributed by atoms with Gasteiger partial charge in [0.1, 0.15) is 0 Å². The van der Waals surface area contributed by atoms with Gasteiger partial charge in [0.25, 0.3) is 0 Å². The molecule has 3 rings (SSSR count). The van der Waals surface area contributed by atoms with Gasteiger partial charge in [-0.25, -0.2) is 0 Å². The Bertz CT molecular complexity index is 489. The van der Waals surface area contributed by atoms with Crippen molar-refractivity contribution in [3.63, 3.8) is 0 Å². The quantitative estimate of drug-likeness (QED) is 0.823. The summed E-state index contributed by atoms with van der Waals surface area (Å²) in [6, 6.07) is 9.51. The molecule has 2 bridgehead atoms. The van der Waals surface area contributed by atoms with Crippen LogP contribution in [0.15, 0.2) is 30.3 Å². The van der Waals surface area contributed by atoms with Crippen LogP contribution >= 0.6 is 0 Å². The highest BCUT2D eigenvalue weighted by Gasteiger charge is 2.57. The molecule has 0 amide bonds.